The van der Waals surface area contributed by atoms with E-state index in [-0.39, 0.29) is 18.0 Å². The minimum Gasteiger partial charge on any atom is -0.493 e. The van der Waals surface area contributed by atoms with Crippen LogP contribution in [0.4, 0.5) is 5.69 Å². The first kappa shape index (κ1) is 19.8. The van der Waals surface area contributed by atoms with Crippen molar-refractivity contribution in [2.75, 3.05) is 7.11 Å². The first-order valence-corrected chi connectivity index (χ1v) is 9.65. The Balaban J connectivity index is 1.84. The van der Waals surface area contributed by atoms with Crippen molar-refractivity contribution in [3.8, 4) is 5.75 Å². The van der Waals surface area contributed by atoms with Crippen LogP contribution < -0.4 is 15.6 Å². The first-order chi connectivity index (χ1) is 14.5. The number of aryl methyl sites for hydroxylation is 1. The number of hydrogen-bond donors (Lipinski definition) is 1. The second-order valence-corrected chi connectivity index (χ2v) is 7.06. The summed E-state index contributed by atoms with van der Waals surface area (Å²) in [5.41, 5.74) is 2.47. The van der Waals surface area contributed by atoms with E-state index in [4.69, 9.17) is 25.2 Å². The summed E-state index contributed by atoms with van der Waals surface area (Å²) in [7, 11) is 1.56. The van der Waals surface area contributed by atoms with Gasteiger partial charge in [0.2, 0.25) is 5.55 Å². The fourth-order valence-electron chi connectivity index (χ4n) is 3.02. The van der Waals surface area contributed by atoms with Gasteiger partial charge in [0, 0.05) is 10.4 Å². The largest absolute Gasteiger partial charge is 0.493 e. The first-order valence-electron chi connectivity index (χ1n) is 9.27. The van der Waals surface area contributed by atoms with Gasteiger partial charge in [-0.05, 0) is 55.0 Å². The molecule has 2 aromatic carbocycles. The molecule has 0 bridgehead atoms. The van der Waals surface area contributed by atoms with Crippen molar-refractivity contribution < 1.29 is 18.4 Å². The second kappa shape index (κ2) is 8.47. The molecule has 0 radical (unpaired) electrons. The number of fused-ring (bicyclic) bond motifs is 1. The normalized spacial score (nSPS) is 11.6. The number of rotatable bonds is 5. The van der Waals surface area contributed by atoms with Crippen molar-refractivity contribution in [1.82, 2.24) is 5.32 Å². The lowest BCUT2D eigenvalue weighted by molar-refractivity contribution is 0.0944. The van der Waals surface area contributed by atoms with Crippen molar-refractivity contribution in [3.05, 3.63) is 88.3 Å². The number of ether oxygens (including phenoxy) is 1. The summed E-state index contributed by atoms with van der Waals surface area (Å²) < 4.78 is 16.7. The number of benzene rings is 2. The summed E-state index contributed by atoms with van der Waals surface area (Å²) in [6, 6.07) is 16.1. The quantitative estimate of drug-likeness (QED) is 0.482. The molecular weight excluding hydrogens is 404 g/mol. The Hall–Kier alpha value is -3.51. The average Bonchev–Trinajstić information content (AvgIpc) is 3.27. The Bertz CT molecular complexity index is 1280. The summed E-state index contributed by atoms with van der Waals surface area (Å²) >= 11 is 6.12. The lowest BCUT2D eigenvalue weighted by atomic mass is 10.1. The molecular formula is C23H19ClN2O4. The number of carbonyl (C=O) groups is 1. The highest BCUT2D eigenvalue weighted by molar-refractivity contribution is 6.31. The van der Waals surface area contributed by atoms with Gasteiger partial charge >= 0.3 is 0 Å². The van der Waals surface area contributed by atoms with E-state index in [9.17, 15) is 4.79 Å². The molecule has 1 N–H and O–H groups in total. The van der Waals surface area contributed by atoms with Crippen molar-refractivity contribution in [2.24, 2.45) is 4.99 Å². The zero-order chi connectivity index (χ0) is 21.1. The number of amides is 1. The van der Waals surface area contributed by atoms with E-state index in [1.807, 2.05) is 25.1 Å². The van der Waals surface area contributed by atoms with Crippen LogP contribution in [0, 0.1) is 6.92 Å². The highest BCUT2D eigenvalue weighted by Crippen LogP contribution is 2.25. The summed E-state index contributed by atoms with van der Waals surface area (Å²) in [6.45, 7) is 2.14. The number of nitrogens with zero attached hydrogens (tertiary/aromatic N) is 1. The Morgan fingerprint density at radius 1 is 1.17 bits per heavy atom. The van der Waals surface area contributed by atoms with Gasteiger partial charge in [0.1, 0.15) is 11.3 Å². The maximum atomic E-state index is 12.9. The van der Waals surface area contributed by atoms with Gasteiger partial charge in [-0.15, -0.1) is 0 Å². The molecule has 1 amide bonds. The standard InChI is InChI=1S/C23H19ClN2O4/c1-14-11-16(8-9-19(14)24)26-23-18(22(27)25-13-17-6-4-10-29-17)12-15-5-3-7-20(28-2)21(15)30-23/h3-12H,13H2,1-2H3,(H,25,27). The van der Waals surface area contributed by atoms with Gasteiger partial charge in [-0.25, -0.2) is 4.99 Å². The Kier molecular flexibility index (Phi) is 5.59. The van der Waals surface area contributed by atoms with Crippen molar-refractivity contribution in [3.63, 3.8) is 0 Å². The second-order valence-electron chi connectivity index (χ2n) is 6.65. The zero-order valence-electron chi connectivity index (χ0n) is 16.4. The summed E-state index contributed by atoms with van der Waals surface area (Å²) in [4.78, 5) is 17.5. The van der Waals surface area contributed by atoms with Gasteiger partial charge < -0.3 is 18.9 Å². The van der Waals surface area contributed by atoms with Gasteiger partial charge in [-0.2, -0.15) is 0 Å². The molecule has 6 nitrogen and oxygen atoms in total. The SMILES string of the molecule is COc1cccc2cc(C(=O)NCc3ccco3)c(=Nc3ccc(Cl)c(C)c3)oc12. The minimum atomic E-state index is -0.329. The van der Waals surface area contributed by atoms with Gasteiger partial charge in [0.25, 0.3) is 5.91 Å². The molecule has 152 valence electrons. The fourth-order valence-corrected chi connectivity index (χ4v) is 3.14. The van der Waals surface area contributed by atoms with Crippen LogP contribution in [0.15, 0.2) is 74.7 Å². The third-order valence-corrected chi connectivity index (χ3v) is 5.00. The van der Waals surface area contributed by atoms with Gasteiger partial charge in [-0.3, -0.25) is 4.79 Å². The molecule has 0 unspecified atom stereocenters. The Morgan fingerprint density at radius 3 is 2.77 bits per heavy atom. The maximum Gasteiger partial charge on any atom is 0.257 e. The van der Waals surface area contributed by atoms with Crippen LogP contribution in [0.1, 0.15) is 21.7 Å². The molecule has 0 spiro atoms. The molecule has 2 aromatic heterocycles. The molecule has 4 rings (SSSR count). The van der Waals surface area contributed by atoms with E-state index in [2.05, 4.69) is 10.3 Å². The minimum absolute atomic E-state index is 0.172. The monoisotopic (exact) mass is 422 g/mol. The number of halogens is 1. The summed E-state index contributed by atoms with van der Waals surface area (Å²) in [5, 5.41) is 4.20. The zero-order valence-corrected chi connectivity index (χ0v) is 17.2. The lowest BCUT2D eigenvalue weighted by Crippen LogP contribution is -2.28. The number of furan rings is 1. The van der Waals surface area contributed by atoms with Crippen LogP contribution in [-0.2, 0) is 6.54 Å². The highest BCUT2D eigenvalue weighted by Gasteiger charge is 2.15. The number of hydrogen-bond acceptors (Lipinski definition) is 5. The van der Waals surface area contributed by atoms with Crippen molar-refractivity contribution in [2.45, 2.75) is 13.5 Å². The Morgan fingerprint density at radius 2 is 2.03 bits per heavy atom. The molecule has 0 saturated carbocycles. The van der Waals surface area contributed by atoms with Gasteiger partial charge in [0.15, 0.2) is 11.3 Å². The molecule has 2 heterocycles. The van der Waals surface area contributed by atoms with Crippen LogP contribution in [0.25, 0.3) is 11.0 Å². The molecule has 0 aliphatic carbocycles. The lowest BCUT2D eigenvalue weighted by Gasteiger charge is -2.08. The third kappa shape index (κ3) is 4.09. The molecule has 0 saturated heterocycles. The number of methoxy groups -OCH3 is 1. The number of carbonyl (C=O) groups excluding carboxylic acids is 1. The third-order valence-electron chi connectivity index (χ3n) is 4.58. The van der Waals surface area contributed by atoms with Crippen LogP contribution >= 0.6 is 11.6 Å². The van der Waals surface area contributed by atoms with Crippen LogP contribution in [0.2, 0.25) is 5.02 Å². The number of para-hydroxylation sites is 1. The number of nitrogens with one attached hydrogen (secondary N) is 1. The van der Waals surface area contributed by atoms with E-state index in [1.54, 1.807) is 49.8 Å². The smallest absolute Gasteiger partial charge is 0.257 e. The topological polar surface area (TPSA) is 77.0 Å². The van der Waals surface area contributed by atoms with E-state index < -0.39 is 0 Å². The molecule has 4 aromatic rings. The maximum absolute atomic E-state index is 12.9. The van der Waals surface area contributed by atoms with E-state index in [0.717, 1.165) is 10.9 Å². The van der Waals surface area contributed by atoms with Crippen LogP contribution in [0.5, 0.6) is 5.75 Å². The van der Waals surface area contributed by atoms with Gasteiger partial charge in [0.05, 0.1) is 25.6 Å². The van der Waals surface area contributed by atoms with Crippen molar-refractivity contribution >= 4 is 34.2 Å². The molecule has 0 atom stereocenters. The van der Waals surface area contributed by atoms with E-state index in [1.165, 1.54) is 0 Å². The van der Waals surface area contributed by atoms with E-state index in [0.29, 0.717) is 33.4 Å². The Labute approximate surface area is 177 Å². The summed E-state index contributed by atoms with van der Waals surface area (Å²) in [6.07, 6.45) is 1.56. The predicted molar refractivity (Wildman–Crippen MR) is 114 cm³/mol. The summed E-state index contributed by atoms with van der Waals surface area (Å²) in [5.74, 6) is 0.873. The van der Waals surface area contributed by atoms with Crippen molar-refractivity contribution in [1.29, 1.82) is 0 Å². The highest BCUT2D eigenvalue weighted by atomic mass is 35.5. The average molecular weight is 423 g/mol. The fraction of sp³-hybridized carbons (Fsp3) is 0.130. The van der Waals surface area contributed by atoms with Gasteiger partial charge in [-0.1, -0.05) is 23.7 Å². The molecule has 0 aliphatic heterocycles. The van der Waals surface area contributed by atoms with Crippen LogP contribution in [-0.4, -0.2) is 13.0 Å². The molecule has 0 aliphatic rings. The predicted octanol–water partition coefficient (Wildman–Crippen LogP) is 5.16. The molecule has 0 fully saturated rings. The van der Waals surface area contributed by atoms with Crippen LogP contribution in [0.3, 0.4) is 0 Å². The molecule has 7 heteroatoms. The van der Waals surface area contributed by atoms with E-state index >= 15 is 0 Å². The molecule has 30 heavy (non-hydrogen) atoms.